The van der Waals surface area contributed by atoms with Gasteiger partial charge in [0.25, 0.3) is 0 Å². The highest BCUT2D eigenvalue weighted by Crippen LogP contribution is 2.24. The lowest BCUT2D eigenvalue weighted by Crippen LogP contribution is -2.18. The fourth-order valence-electron chi connectivity index (χ4n) is 0.711. The fraction of sp³-hybridized carbons (Fsp3) is 0. The zero-order valence-corrected chi connectivity index (χ0v) is 8.53. The Morgan fingerprint density at radius 3 is 2.00 bits per heavy atom. The van der Waals surface area contributed by atoms with Crippen molar-refractivity contribution in [3.05, 3.63) is 28.2 Å². The first-order valence-corrected chi connectivity index (χ1v) is 5.28. The molecule has 72 valence electrons. The van der Waals surface area contributed by atoms with Gasteiger partial charge >= 0.3 is 10.3 Å². The number of benzene rings is 1. The first-order chi connectivity index (χ1) is 5.87. The molecule has 0 spiro atoms. The van der Waals surface area contributed by atoms with Crippen molar-refractivity contribution < 1.29 is 12.6 Å². The Labute approximate surface area is 85.5 Å². The highest BCUT2D eigenvalue weighted by Gasteiger charge is 2.06. The molecule has 0 amide bonds. The fourth-order valence-corrected chi connectivity index (χ4v) is 1.58. The van der Waals surface area contributed by atoms with Crippen LogP contribution in [-0.2, 0) is 10.3 Å². The summed E-state index contributed by atoms with van der Waals surface area (Å²) in [6.45, 7) is 0. The van der Waals surface area contributed by atoms with Crippen molar-refractivity contribution in [2.75, 3.05) is 0 Å². The quantitative estimate of drug-likeness (QED) is 0.855. The topological polar surface area (TPSA) is 69.4 Å². The molecule has 0 saturated heterocycles. The molecule has 1 aromatic carbocycles. The van der Waals surface area contributed by atoms with Gasteiger partial charge in [-0.3, -0.25) is 0 Å². The maximum atomic E-state index is 10.5. The molecule has 0 unspecified atom stereocenters. The summed E-state index contributed by atoms with van der Waals surface area (Å²) in [7, 11) is -4.03. The van der Waals surface area contributed by atoms with E-state index in [1.807, 2.05) is 0 Å². The normalized spacial score (nSPS) is 11.3. The maximum absolute atomic E-state index is 10.5. The van der Waals surface area contributed by atoms with E-state index >= 15 is 0 Å². The zero-order valence-electron chi connectivity index (χ0n) is 6.20. The standard InChI is InChI=1S/C6H5Cl2NO3S/c7-4-1-5(8)3-6(2-4)12-13(9,10)11/h1-3H,(H2,9,10,11). The van der Waals surface area contributed by atoms with Crippen LogP contribution in [0.15, 0.2) is 18.2 Å². The maximum Gasteiger partial charge on any atom is 0.380 e. The van der Waals surface area contributed by atoms with Crippen LogP contribution in [0.2, 0.25) is 10.0 Å². The molecule has 0 aliphatic heterocycles. The molecule has 0 heterocycles. The second-order valence-corrected chi connectivity index (χ2v) is 4.21. The van der Waals surface area contributed by atoms with Gasteiger partial charge in [-0.2, -0.15) is 13.6 Å². The minimum Gasteiger partial charge on any atom is -0.371 e. The van der Waals surface area contributed by atoms with Gasteiger partial charge in [-0.05, 0) is 6.07 Å². The summed E-state index contributed by atoms with van der Waals surface area (Å²) < 4.78 is 25.3. The van der Waals surface area contributed by atoms with Crippen LogP contribution in [-0.4, -0.2) is 8.42 Å². The van der Waals surface area contributed by atoms with Gasteiger partial charge in [0, 0.05) is 22.2 Å². The molecule has 0 bridgehead atoms. The van der Waals surface area contributed by atoms with Gasteiger partial charge in [-0.15, -0.1) is 0 Å². The number of halogens is 2. The van der Waals surface area contributed by atoms with Crippen LogP contribution in [0.25, 0.3) is 0 Å². The summed E-state index contributed by atoms with van der Waals surface area (Å²) in [6, 6.07) is 4.02. The summed E-state index contributed by atoms with van der Waals surface area (Å²) in [6.07, 6.45) is 0. The predicted octanol–water partition coefficient (Wildman–Crippen LogP) is 1.58. The van der Waals surface area contributed by atoms with Crippen molar-refractivity contribution in [3.63, 3.8) is 0 Å². The Morgan fingerprint density at radius 2 is 1.62 bits per heavy atom. The molecule has 0 aliphatic rings. The molecule has 0 aliphatic carbocycles. The van der Waals surface area contributed by atoms with Crippen LogP contribution in [0.5, 0.6) is 5.75 Å². The van der Waals surface area contributed by atoms with Gasteiger partial charge in [0.15, 0.2) is 0 Å². The molecule has 1 rings (SSSR count). The van der Waals surface area contributed by atoms with E-state index in [1.165, 1.54) is 18.2 Å². The van der Waals surface area contributed by atoms with Crippen LogP contribution >= 0.6 is 23.2 Å². The molecular formula is C6H5Cl2NO3S. The first-order valence-electron chi connectivity index (χ1n) is 3.05. The van der Waals surface area contributed by atoms with E-state index < -0.39 is 10.3 Å². The molecule has 0 radical (unpaired) electrons. The third-order valence-electron chi connectivity index (χ3n) is 1.05. The average molecular weight is 242 g/mol. The van der Waals surface area contributed by atoms with Crippen molar-refractivity contribution in [3.8, 4) is 5.75 Å². The van der Waals surface area contributed by atoms with E-state index in [1.54, 1.807) is 0 Å². The van der Waals surface area contributed by atoms with E-state index in [9.17, 15) is 8.42 Å². The number of rotatable bonds is 2. The van der Waals surface area contributed by atoms with Crippen LogP contribution in [0.1, 0.15) is 0 Å². The van der Waals surface area contributed by atoms with Crippen molar-refractivity contribution in [1.29, 1.82) is 0 Å². The number of hydrogen-bond donors (Lipinski definition) is 1. The monoisotopic (exact) mass is 241 g/mol. The molecule has 0 fully saturated rings. The Balaban J connectivity index is 3.03. The molecule has 0 saturated carbocycles. The van der Waals surface area contributed by atoms with Crippen LogP contribution in [0.4, 0.5) is 0 Å². The van der Waals surface area contributed by atoms with Crippen molar-refractivity contribution in [1.82, 2.24) is 0 Å². The predicted molar refractivity (Wildman–Crippen MR) is 50.2 cm³/mol. The Bertz CT molecular complexity index is 398. The Morgan fingerprint density at radius 1 is 1.15 bits per heavy atom. The van der Waals surface area contributed by atoms with Crippen LogP contribution in [0, 0.1) is 0 Å². The van der Waals surface area contributed by atoms with Gasteiger partial charge in [-0.25, -0.2) is 0 Å². The van der Waals surface area contributed by atoms with Crippen LogP contribution < -0.4 is 9.32 Å². The largest absolute Gasteiger partial charge is 0.380 e. The molecule has 7 heteroatoms. The van der Waals surface area contributed by atoms with Gasteiger partial charge in [0.05, 0.1) is 0 Å². The van der Waals surface area contributed by atoms with Crippen molar-refractivity contribution in [2.45, 2.75) is 0 Å². The summed E-state index contributed by atoms with van der Waals surface area (Å²) in [5.41, 5.74) is 0. The van der Waals surface area contributed by atoms with Gasteiger partial charge in [-0.1, -0.05) is 23.2 Å². The second-order valence-electron chi connectivity index (χ2n) is 2.18. The lowest BCUT2D eigenvalue weighted by molar-refractivity contribution is 0.488. The first kappa shape index (κ1) is 10.6. The molecule has 4 nitrogen and oxygen atoms in total. The lowest BCUT2D eigenvalue weighted by atomic mass is 10.3. The smallest absolute Gasteiger partial charge is 0.371 e. The Kier molecular flexibility index (Phi) is 3.02. The minimum absolute atomic E-state index is 0.0139. The third kappa shape index (κ3) is 3.82. The SMILES string of the molecule is NS(=O)(=O)Oc1cc(Cl)cc(Cl)c1. The summed E-state index contributed by atoms with van der Waals surface area (Å²) in [5.74, 6) is -0.0139. The molecular weight excluding hydrogens is 237 g/mol. The van der Waals surface area contributed by atoms with Crippen molar-refractivity contribution in [2.24, 2.45) is 5.14 Å². The lowest BCUT2D eigenvalue weighted by Gasteiger charge is -2.02. The highest BCUT2D eigenvalue weighted by molar-refractivity contribution is 7.84. The molecule has 13 heavy (non-hydrogen) atoms. The summed E-state index contributed by atoms with van der Waals surface area (Å²) in [5, 5.41) is 5.17. The van der Waals surface area contributed by atoms with E-state index in [0.29, 0.717) is 0 Å². The average Bonchev–Trinajstić information content (AvgIpc) is 1.78. The Hall–Kier alpha value is -0.490. The van der Waals surface area contributed by atoms with E-state index in [0.717, 1.165) is 0 Å². The second kappa shape index (κ2) is 3.71. The highest BCUT2D eigenvalue weighted by atomic mass is 35.5. The molecule has 0 aromatic heterocycles. The number of nitrogens with two attached hydrogens (primary N) is 1. The third-order valence-corrected chi connectivity index (χ3v) is 1.91. The van der Waals surface area contributed by atoms with Crippen molar-refractivity contribution >= 4 is 33.5 Å². The van der Waals surface area contributed by atoms with Gasteiger partial charge < -0.3 is 4.18 Å². The van der Waals surface area contributed by atoms with Gasteiger partial charge in [0.2, 0.25) is 0 Å². The molecule has 1 aromatic rings. The minimum atomic E-state index is -4.03. The van der Waals surface area contributed by atoms with Gasteiger partial charge in [0.1, 0.15) is 5.75 Å². The van der Waals surface area contributed by atoms with Crippen LogP contribution in [0.3, 0.4) is 0 Å². The summed E-state index contributed by atoms with van der Waals surface area (Å²) in [4.78, 5) is 0. The summed E-state index contributed by atoms with van der Waals surface area (Å²) >= 11 is 11.2. The number of hydrogen-bond acceptors (Lipinski definition) is 3. The van der Waals surface area contributed by atoms with E-state index in [2.05, 4.69) is 9.32 Å². The molecule has 2 N–H and O–H groups in total. The zero-order chi connectivity index (χ0) is 10.1. The molecule has 0 atom stereocenters. The van der Waals surface area contributed by atoms with E-state index in [4.69, 9.17) is 23.2 Å². The van der Waals surface area contributed by atoms with E-state index in [-0.39, 0.29) is 15.8 Å².